The van der Waals surface area contributed by atoms with Gasteiger partial charge in [0.25, 0.3) is 0 Å². The van der Waals surface area contributed by atoms with Crippen molar-refractivity contribution in [2.45, 2.75) is 13.5 Å². The largest absolute Gasteiger partial charge is 0.355 e. The molecular formula is C14H14N4S. The molecule has 0 unspecified atom stereocenters. The van der Waals surface area contributed by atoms with E-state index in [-0.39, 0.29) is 0 Å². The van der Waals surface area contributed by atoms with E-state index in [2.05, 4.69) is 38.9 Å². The summed E-state index contributed by atoms with van der Waals surface area (Å²) in [4.78, 5) is 17.3. The van der Waals surface area contributed by atoms with Gasteiger partial charge >= 0.3 is 0 Å². The van der Waals surface area contributed by atoms with Gasteiger partial charge in [-0.15, -0.1) is 11.3 Å². The Bertz CT molecular complexity index is 693. The van der Waals surface area contributed by atoms with Crippen LogP contribution in [0.1, 0.15) is 10.4 Å². The van der Waals surface area contributed by atoms with Crippen LogP contribution in [-0.4, -0.2) is 22.0 Å². The van der Waals surface area contributed by atoms with Crippen LogP contribution in [0.5, 0.6) is 0 Å². The molecule has 19 heavy (non-hydrogen) atoms. The molecule has 0 aromatic carbocycles. The van der Waals surface area contributed by atoms with E-state index in [0.717, 1.165) is 22.6 Å². The van der Waals surface area contributed by atoms with Crippen LogP contribution in [0.4, 0.5) is 5.82 Å². The molecule has 0 saturated heterocycles. The number of aromatic nitrogens is 3. The van der Waals surface area contributed by atoms with Crippen LogP contribution in [0.2, 0.25) is 0 Å². The minimum atomic E-state index is 0.787. The summed E-state index contributed by atoms with van der Waals surface area (Å²) in [5.74, 6) is 0.971. The second-order valence-corrected chi connectivity index (χ2v) is 5.73. The van der Waals surface area contributed by atoms with Gasteiger partial charge in [-0.05, 0) is 24.6 Å². The lowest BCUT2D eigenvalue weighted by molar-refractivity contribution is 0.894. The fourth-order valence-electron chi connectivity index (χ4n) is 2.11. The first-order chi connectivity index (χ1) is 9.24. The Morgan fingerprint density at radius 2 is 2.21 bits per heavy atom. The number of anilines is 1. The number of fused-ring (bicyclic) bond motifs is 1. The van der Waals surface area contributed by atoms with Crippen molar-refractivity contribution in [3.63, 3.8) is 0 Å². The second kappa shape index (κ2) is 4.93. The number of aryl methyl sites for hydroxylation is 1. The second-order valence-electron chi connectivity index (χ2n) is 4.49. The lowest BCUT2D eigenvalue weighted by Crippen LogP contribution is -2.18. The van der Waals surface area contributed by atoms with Gasteiger partial charge in [-0.1, -0.05) is 6.07 Å². The Morgan fingerprint density at radius 3 is 3.00 bits per heavy atom. The Hall–Kier alpha value is -2.01. The zero-order valence-electron chi connectivity index (χ0n) is 10.9. The van der Waals surface area contributed by atoms with Gasteiger partial charge in [-0.25, -0.2) is 9.97 Å². The van der Waals surface area contributed by atoms with Gasteiger partial charge in [0.1, 0.15) is 17.0 Å². The molecule has 0 aliphatic carbocycles. The highest BCUT2D eigenvalue weighted by Crippen LogP contribution is 2.29. The fraction of sp³-hybridized carbons (Fsp3) is 0.214. The van der Waals surface area contributed by atoms with Crippen LogP contribution >= 0.6 is 11.3 Å². The molecule has 0 N–H and O–H groups in total. The Labute approximate surface area is 115 Å². The van der Waals surface area contributed by atoms with Crippen LogP contribution in [-0.2, 0) is 6.54 Å². The van der Waals surface area contributed by atoms with Crippen molar-refractivity contribution in [2.75, 3.05) is 11.9 Å². The molecule has 0 fully saturated rings. The van der Waals surface area contributed by atoms with Gasteiger partial charge in [0.2, 0.25) is 0 Å². The third-order valence-electron chi connectivity index (χ3n) is 2.94. The van der Waals surface area contributed by atoms with E-state index in [0.29, 0.717) is 0 Å². The lowest BCUT2D eigenvalue weighted by atomic mass is 10.2. The van der Waals surface area contributed by atoms with Gasteiger partial charge in [0.05, 0.1) is 5.39 Å². The van der Waals surface area contributed by atoms with Crippen molar-refractivity contribution in [3.8, 4) is 0 Å². The SMILES string of the molecule is Cc1cc2c(N(C)Cc3cccnc3)ncnc2s1. The highest BCUT2D eigenvalue weighted by molar-refractivity contribution is 7.18. The summed E-state index contributed by atoms with van der Waals surface area (Å²) < 4.78 is 0. The molecule has 0 atom stereocenters. The van der Waals surface area contributed by atoms with Crippen molar-refractivity contribution in [3.05, 3.63) is 47.4 Å². The molecule has 3 aromatic heterocycles. The summed E-state index contributed by atoms with van der Waals surface area (Å²) in [6.45, 7) is 2.88. The van der Waals surface area contributed by atoms with Gasteiger partial charge in [0, 0.05) is 30.9 Å². The van der Waals surface area contributed by atoms with Crippen LogP contribution in [0.3, 0.4) is 0 Å². The quantitative estimate of drug-likeness (QED) is 0.733. The first-order valence-electron chi connectivity index (χ1n) is 6.05. The van der Waals surface area contributed by atoms with Crippen LogP contribution in [0.25, 0.3) is 10.2 Å². The highest BCUT2D eigenvalue weighted by Gasteiger charge is 2.11. The summed E-state index contributed by atoms with van der Waals surface area (Å²) >= 11 is 1.70. The van der Waals surface area contributed by atoms with Gasteiger partial charge in [-0.2, -0.15) is 0 Å². The Morgan fingerprint density at radius 1 is 1.32 bits per heavy atom. The normalized spacial score (nSPS) is 10.8. The van der Waals surface area contributed by atoms with Crippen LogP contribution in [0.15, 0.2) is 36.9 Å². The average molecular weight is 270 g/mol. The summed E-state index contributed by atoms with van der Waals surface area (Å²) in [7, 11) is 2.04. The fourth-order valence-corrected chi connectivity index (χ4v) is 2.95. The Kier molecular flexibility index (Phi) is 3.13. The number of pyridine rings is 1. The summed E-state index contributed by atoms with van der Waals surface area (Å²) in [6, 6.07) is 6.17. The van der Waals surface area contributed by atoms with Crippen LogP contribution in [0, 0.1) is 6.92 Å². The van der Waals surface area contributed by atoms with E-state index < -0.39 is 0 Å². The predicted molar refractivity (Wildman–Crippen MR) is 78.5 cm³/mol. The molecular weight excluding hydrogens is 256 g/mol. The number of nitrogens with zero attached hydrogens (tertiary/aromatic N) is 4. The molecule has 0 bridgehead atoms. The monoisotopic (exact) mass is 270 g/mol. The molecule has 3 heterocycles. The molecule has 0 radical (unpaired) electrons. The predicted octanol–water partition coefficient (Wildman–Crippen LogP) is 3.03. The maximum atomic E-state index is 4.42. The van der Waals surface area contributed by atoms with E-state index in [1.54, 1.807) is 23.9 Å². The molecule has 4 nitrogen and oxygen atoms in total. The molecule has 5 heteroatoms. The molecule has 3 aromatic rings. The number of thiophene rings is 1. The zero-order chi connectivity index (χ0) is 13.2. The van der Waals surface area contributed by atoms with Gasteiger partial charge in [-0.3, -0.25) is 4.98 Å². The third-order valence-corrected chi connectivity index (χ3v) is 3.89. The first kappa shape index (κ1) is 12.0. The first-order valence-corrected chi connectivity index (χ1v) is 6.87. The number of hydrogen-bond acceptors (Lipinski definition) is 5. The molecule has 0 amide bonds. The topological polar surface area (TPSA) is 41.9 Å². The minimum Gasteiger partial charge on any atom is -0.355 e. The summed E-state index contributed by atoms with van der Waals surface area (Å²) in [5, 5.41) is 1.12. The number of rotatable bonds is 3. The standard InChI is InChI=1S/C14H14N4S/c1-10-6-12-13(16-9-17-14(12)19-10)18(2)8-11-4-3-5-15-7-11/h3-7,9H,8H2,1-2H3. The van der Waals surface area contributed by atoms with E-state index in [1.165, 1.54) is 10.4 Å². The maximum absolute atomic E-state index is 4.42. The molecule has 0 saturated carbocycles. The molecule has 96 valence electrons. The molecule has 0 spiro atoms. The summed E-state index contributed by atoms with van der Waals surface area (Å²) in [5.41, 5.74) is 1.17. The Balaban J connectivity index is 1.95. The molecule has 0 aliphatic heterocycles. The zero-order valence-corrected chi connectivity index (χ0v) is 11.7. The van der Waals surface area contributed by atoms with E-state index in [1.807, 2.05) is 19.3 Å². The summed E-state index contributed by atoms with van der Waals surface area (Å²) in [6.07, 6.45) is 5.30. The maximum Gasteiger partial charge on any atom is 0.140 e. The number of hydrogen-bond donors (Lipinski definition) is 0. The van der Waals surface area contributed by atoms with E-state index in [4.69, 9.17) is 0 Å². The van der Waals surface area contributed by atoms with Gasteiger partial charge < -0.3 is 4.90 Å². The molecule has 0 aliphatic rings. The highest BCUT2D eigenvalue weighted by atomic mass is 32.1. The third kappa shape index (κ3) is 2.42. The molecule has 3 rings (SSSR count). The van der Waals surface area contributed by atoms with Crippen molar-refractivity contribution >= 4 is 27.4 Å². The average Bonchev–Trinajstić information content (AvgIpc) is 2.79. The smallest absolute Gasteiger partial charge is 0.140 e. The minimum absolute atomic E-state index is 0.787. The van der Waals surface area contributed by atoms with Crippen molar-refractivity contribution in [1.29, 1.82) is 0 Å². The van der Waals surface area contributed by atoms with Crippen molar-refractivity contribution < 1.29 is 0 Å². The van der Waals surface area contributed by atoms with Crippen molar-refractivity contribution in [2.24, 2.45) is 0 Å². The van der Waals surface area contributed by atoms with E-state index in [9.17, 15) is 0 Å². The van der Waals surface area contributed by atoms with Crippen LogP contribution < -0.4 is 4.90 Å². The van der Waals surface area contributed by atoms with Crippen molar-refractivity contribution in [1.82, 2.24) is 15.0 Å². The van der Waals surface area contributed by atoms with E-state index >= 15 is 0 Å². The lowest BCUT2D eigenvalue weighted by Gasteiger charge is -2.18. The van der Waals surface area contributed by atoms with Gasteiger partial charge in [0.15, 0.2) is 0 Å².